The molecule has 0 fully saturated rings. The fourth-order valence-corrected chi connectivity index (χ4v) is 4.89. The van der Waals surface area contributed by atoms with Gasteiger partial charge in [-0.3, -0.25) is 14.2 Å². The summed E-state index contributed by atoms with van der Waals surface area (Å²) in [5, 5.41) is 1.13. The number of hydrogen-bond donors (Lipinski definition) is 0. The lowest BCUT2D eigenvalue weighted by molar-refractivity contribution is 0.0588. The normalized spacial score (nSPS) is 10.9. The van der Waals surface area contributed by atoms with E-state index in [9.17, 15) is 14.4 Å². The second kappa shape index (κ2) is 10.4. The van der Waals surface area contributed by atoms with Crippen molar-refractivity contribution in [1.82, 2.24) is 4.57 Å². The minimum atomic E-state index is -0.616. The van der Waals surface area contributed by atoms with Crippen molar-refractivity contribution >= 4 is 38.5 Å². The number of nitrogens with zero attached hydrogens (tertiary/aromatic N) is 1. The average Bonchev–Trinajstić information content (AvgIpc) is 2.94. The van der Waals surface area contributed by atoms with Gasteiger partial charge in [-0.2, -0.15) is 0 Å². The van der Waals surface area contributed by atoms with Gasteiger partial charge < -0.3 is 4.74 Å². The molecule has 0 unspecified atom stereocenters. The summed E-state index contributed by atoms with van der Waals surface area (Å²) in [6, 6.07) is 31.0. The quantitative estimate of drug-likeness (QED) is 0.178. The van der Waals surface area contributed by atoms with E-state index in [4.69, 9.17) is 4.74 Å². The highest BCUT2D eigenvalue weighted by molar-refractivity contribution is 9.10. The van der Waals surface area contributed by atoms with Crippen molar-refractivity contribution in [2.45, 2.75) is 6.54 Å². The van der Waals surface area contributed by atoms with Crippen molar-refractivity contribution in [1.29, 1.82) is 0 Å². The summed E-state index contributed by atoms with van der Waals surface area (Å²) in [6.45, 7) is 0.0883. The minimum absolute atomic E-state index is 0.0883. The number of rotatable bonds is 6. The molecule has 37 heavy (non-hydrogen) atoms. The Hall–Kier alpha value is -4.29. The molecule has 5 rings (SSSR count). The molecule has 4 aromatic carbocycles. The largest absolute Gasteiger partial charge is 0.464 e. The van der Waals surface area contributed by atoms with Crippen LogP contribution in [0.15, 0.2) is 112 Å². The third-order valence-corrected chi connectivity index (χ3v) is 6.73. The molecule has 0 aliphatic heterocycles. The number of methoxy groups -OCH3 is 1. The highest BCUT2D eigenvalue weighted by Crippen LogP contribution is 2.33. The van der Waals surface area contributed by atoms with Crippen LogP contribution < -0.4 is 5.56 Å². The number of hydrogen-bond acceptors (Lipinski definition) is 4. The average molecular weight is 552 g/mol. The number of ether oxygens (including phenoxy) is 1. The van der Waals surface area contributed by atoms with E-state index in [1.807, 2.05) is 60.7 Å². The third-order valence-electron chi connectivity index (χ3n) is 6.24. The van der Waals surface area contributed by atoms with Gasteiger partial charge in [-0.25, -0.2) is 4.79 Å². The number of carbonyl (C=O) groups is 2. The van der Waals surface area contributed by atoms with Crippen LogP contribution in [0, 0.1) is 0 Å². The Morgan fingerprint density at radius 2 is 1.46 bits per heavy atom. The Morgan fingerprint density at radius 1 is 0.784 bits per heavy atom. The standard InChI is InChI=1S/C31H22BrNO4/c1-37-31(36)28-27(21-10-4-2-5-11-21)26-18-24(32)15-16-25(26)30(35)33(28)19-20-9-8-14-23(17-20)29(34)22-12-6-3-7-13-22/h2-18H,19H2,1H3. The molecule has 0 aliphatic carbocycles. The first-order valence-corrected chi connectivity index (χ1v) is 12.5. The third kappa shape index (κ3) is 4.76. The van der Waals surface area contributed by atoms with Crippen LogP contribution in [0.4, 0.5) is 0 Å². The van der Waals surface area contributed by atoms with Crippen LogP contribution in [0.1, 0.15) is 32.0 Å². The van der Waals surface area contributed by atoms with Gasteiger partial charge in [-0.1, -0.05) is 94.8 Å². The SMILES string of the molecule is COC(=O)c1c(-c2ccccc2)c2cc(Br)ccc2c(=O)n1Cc1cccc(C(=O)c2ccccc2)c1. The summed E-state index contributed by atoms with van der Waals surface area (Å²) in [7, 11) is 1.30. The molecule has 0 atom stereocenters. The number of pyridine rings is 1. The summed E-state index contributed by atoms with van der Waals surface area (Å²) in [5.41, 5.74) is 3.03. The van der Waals surface area contributed by atoms with Gasteiger partial charge in [0.15, 0.2) is 5.78 Å². The van der Waals surface area contributed by atoms with Crippen molar-refractivity contribution in [3.8, 4) is 11.1 Å². The van der Waals surface area contributed by atoms with Gasteiger partial charge in [0, 0.05) is 26.5 Å². The molecule has 6 heteroatoms. The first kappa shape index (κ1) is 24.4. The summed E-state index contributed by atoms with van der Waals surface area (Å²) in [5.74, 6) is -0.731. The second-order valence-corrected chi connectivity index (χ2v) is 9.47. The maximum atomic E-state index is 13.8. The van der Waals surface area contributed by atoms with Crippen molar-refractivity contribution in [2.24, 2.45) is 0 Å². The van der Waals surface area contributed by atoms with Crippen molar-refractivity contribution in [3.63, 3.8) is 0 Å². The molecule has 0 bridgehead atoms. The fraction of sp³-hybridized carbons (Fsp3) is 0.0645. The maximum Gasteiger partial charge on any atom is 0.355 e. The Bertz CT molecular complexity index is 1690. The molecule has 0 saturated heterocycles. The highest BCUT2D eigenvalue weighted by Gasteiger charge is 2.24. The van der Waals surface area contributed by atoms with Crippen molar-refractivity contribution < 1.29 is 14.3 Å². The lowest BCUT2D eigenvalue weighted by Crippen LogP contribution is -2.28. The molecular weight excluding hydrogens is 530 g/mol. The monoisotopic (exact) mass is 551 g/mol. The van der Waals surface area contributed by atoms with E-state index in [0.717, 1.165) is 10.0 Å². The Kier molecular flexibility index (Phi) is 6.84. The predicted octanol–water partition coefficient (Wildman–Crippen LogP) is 6.50. The van der Waals surface area contributed by atoms with E-state index in [0.29, 0.717) is 33.0 Å². The lowest BCUT2D eigenvalue weighted by Gasteiger charge is -2.19. The van der Waals surface area contributed by atoms with Crippen LogP contribution in [0.2, 0.25) is 0 Å². The van der Waals surface area contributed by atoms with Gasteiger partial charge in [-0.15, -0.1) is 0 Å². The maximum absolute atomic E-state index is 13.8. The van der Waals surface area contributed by atoms with Gasteiger partial charge in [0.1, 0.15) is 5.69 Å². The van der Waals surface area contributed by atoms with E-state index < -0.39 is 5.97 Å². The Balaban J connectivity index is 1.72. The molecule has 1 aromatic heterocycles. The van der Waals surface area contributed by atoms with Gasteiger partial charge in [0.2, 0.25) is 0 Å². The van der Waals surface area contributed by atoms with E-state index in [2.05, 4.69) is 15.9 Å². The number of aromatic nitrogens is 1. The molecule has 182 valence electrons. The molecule has 5 aromatic rings. The molecular formula is C31H22BrNO4. The molecule has 0 aliphatic rings. The van der Waals surface area contributed by atoms with Crippen molar-refractivity contribution in [2.75, 3.05) is 7.11 Å². The zero-order valence-electron chi connectivity index (χ0n) is 20.0. The summed E-state index contributed by atoms with van der Waals surface area (Å²) < 4.78 is 7.40. The number of halogens is 1. The number of ketones is 1. The summed E-state index contributed by atoms with van der Waals surface area (Å²) in [4.78, 5) is 40.0. The first-order chi connectivity index (χ1) is 18.0. The summed E-state index contributed by atoms with van der Waals surface area (Å²) in [6.07, 6.45) is 0. The first-order valence-electron chi connectivity index (χ1n) is 11.7. The van der Waals surface area contributed by atoms with E-state index in [1.165, 1.54) is 11.7 Å². The minimum Gasteiger partial charge on any atom is -0.464 e. The van der Waals surface area contributed by atoms with E-state index in [1.54, 1.807) is 42.5 Å². The fourth-order valence-electron chi connectivity index (χ4n) is 4.53. The number of carbonyl (C=O) groups excluding carboxylic acids is 2. The zero-order valence-corrected chi connectivity index (χ0v) is 21.6. The molecule has 0 amide bonds. The molecule has 0 N–H and O–H groups in total. The van der Waals surface area contributed by atoms with Crippen LogP contribution in [-0.4, -0.2) is 23.4 Å². The van der Waals surface area contributed by atoms with Gasteiger partial charge in [0.05, 0.1) is 13.7 Å². The van der Waals surface area contributed by atoms with Gasteiger partial charge in [-0.05, 0) is 40.8 Å². The molecule has 0 saturated carbocycles. The smallest absolute Gasteiger partial charge is 0.355 e. The van der Waals surface area contributed by atoms with E-state index >= 15 is 0 Å². The van der Waals surface area contributed by atoms with Gasteiger partial charge in [0.25, 0.3) is 5.56 Å². The number of fused-ring (bicyclic) bond motifs is 1. The second-order valence-electron chi connectivity index (χ2n) is 8.56. The van der Waals surface area contributed by atoms with E-state index in [-0.39, 0.29) is 23.6 Å². The van der Waals surface area contributed by atoms with Crippen LogP contribution in [-0.2, 0) is 11.3 Å². The predicted molar refractivity (Wildman–Crippen MR) is 148 cm³/mol. The molecule has 0 spiro atoms. The number of benzene rings is 4. The Labute approximate surface area is 222 Å². The zero-order chi connectivity index (χ0) is 25.9. The van der Waals surface area contributed by atoms with Gasteiger partial charge >= 0.3 is 5.97 Å². The highest BCUT2D eigenvalue weighted by atomic mass is 79.9. The Morgan fingerprint density at radius 3 is 2.16 bits per heavy atom. The molecule has 5 nitrogen and oxygen atoms in total. The topological polar surface area (TPSA) is 65.4 Å². The molecule has 0 radical (unpaired) electrons. The summed E-state index contributed by atoms with van der Waals surface area (Å²) >= 11 is 3.50. The number of esters is 1. The van der Waals surface area contributed by atoms with Crippen LogP contribution >= 0.6 is 15.9 Å². The van der Waals surface area contributed by atoms with Crippen LogP contribution in [0.3, 0.4) is 0 Å². The molecule has 1 heterocycles. The van der Waals surface area contributed by atoms with Crippen LogP contribution in [0.5, 0.6) is 0 Å². The lowest BCUT2D eigenvalue weighted by atomic mass is 9.96. The van der Waals surface area contributed by atoms with Crippen LogP contribution in [0.25, 0.3) is 21.9 Å². The van der Waals surface area contributed by atoms with Crippen molar-refractivity contribution in [3.05, 3.63) is 140 Å².